The highest BCUT2D eigenvalue weighted by Crippen LogP contribution is 2.33. The summed E-state index contributed by atoms with van der Waals surface area (Å²) >= 11 is 0. The van der Waals surface area contributed by atoms with Crippen molar-refractivity contribution in [1.29, 1.82) is 0 Å². The molecule has 2 heterocycles. The van der Waals surface area contributed by atoms with Crippen molar-refractivity contribution in [2.45, 2.75) is 19.9 Å². The van der Waals surface area contributed by atoms with Gasteiger partial charge in [0, 0.05) is 5.56 Å². The fraction of sp³-hybridized carbons (Fsp3) is 0.190. The smallest absolute Gasteiger partial charge is 0.331 e. The Balaban J connectivity index is 1.98. The number of ether oxygens (including phenoxy) is 1. The topological polar surface area (TPSA) is 109 Å². The van der Waals surface area contributed by atoms with Crippen LogP contribution in [0.5, 0.6) is 11.5 Å². The van der Waals surface area contributed by atoms with Crippen LogP contribution >= 0.6 is 0 Å². The van der Waals surface area contributed by atoms with Crippen LogP contribution in [0.15, 0.2) is 53.2 Å². The van der Waals surface area contributed by atoms with Crippen LogP contribution in [-0.4, -0.2) is 34.5 Å². The molecule has 8 nitrogen and oxygen atoms in total. The van der Waals surface area contributed by atoms with Crippen molar-refractivity contribution in [2.75, 3.05) is 6.61 Å². The van der Waals surface area contributed by atoms with Crippen molar-refractivity contribution >= 4 is 23.9 Å². The SMILES string of the molecule is C=CCc1cc(/C=C2\C(=O)NC(=O)N(Cc3ccco3)C2=O)cc(OCC)c1O. The monoisotopic (exact) mass is 396 g/mol. The van der Waals surface area contributed by atoms with Gasteiger partial charge in [-0.3, -0.25) is 19.8 Å². The maximum absolute atomic E-state index is 12.8. The predicted octanol–water partition coefficient (Wildman–Crippen LogP) is 2.77. The van der Waals surface area contributed by atoms with E-state index in [0.29, 0.717) is 29.9 Å². The van der Waals surface area contributed by atoms with E-state index in [2.05, 4.69) is 11.9 Å². The molecule has 2 N–H and O–H groups in total. The van der Waals surface area contributed by atoms with E-state index in [1.807, 2.05) is 0 Å². The summed E-state index contributed by atoms with van der Waals surface area (Å²) in [4.78, 5) is 38.1. The molecule has 1 fully saturated rings. The first kappa shape index (κ1) is 19.9. The number of carbonyl (C=O) groups excluding carboxylic acids is 3. The molecular weight excluding hydrogens is 376 g/mol. The number of carbonyl (C=O) groups is 3. The molecule has 1 aliphatic rings. The van der Waals surface area contributed by atoms with Gasteiger partial charge in [0.15, 0.2) is 11.5 Å². The molecule has 0 aliphatic carbocycles. The molecule has 0 spiro atoms. The van der Waals surface area contributed by atoms with Gasteiger partial charge in [0.05, 0.1) is 19.4 Å². The largest absolute Gasteiger partial charge is 0.504 e. The van der Waals surface area contributed by atoms with Gasteiger partial charge in [-0.2, -0.15) is 0 Å². The third-order valence-electron chi connectivity index (χ3n) is 4.23. The Morgan fingerprint density at radius 1 is 1.31 bits per heavy atom. The Labute approximate surface area is 167 Å². The summed E-state index contributed by atoms with van der Waals surface area (Å²) in [6.07, 6.45) is 4.76. The van der Waals surface area contributed by atoms with Crippen molar-refractivity contribution in [3.05, 3.63) is 65.6 Å². The molecule has 1 aliphatic heterocycles. The lowest BCUT2D eigenvalue weighted by atomic mass is 10.0. The Morgan fingerprint density at radius 3 is 2.76 bits per heavy atom. The number of nitrogens with zero attached hydrogens (tertiary/aromatic N) is 1. The van der Waals surface area contributed by atoms with Gasteiger partial charge in [-0.1, -0.05) is 6.08 Å². The number of aromatic hydroxyl groups is 1. The first-order valence-corrected chi connectivity index (χ1v) is 8.95. The minimum atomic E-state index is -0.818. The van der Waals surface area contributed by atoms with E-state index in [1.165, 1.54) is 18.4 Å². The van der Waals surface area contributed by atoms with Crippen LogP contribution in [0.3, 0.4) is 0 Å². The number of hydrogen-bond acceptors (Lipinski definition) is 6. The van der Waals surface area contributed by atoms with Crippen LogP contribution in [0, 0.1) is 0 Å². The summed E-state index contributed by atoms with van der Waals surface area (Å²) in [5.74, 6) is -0.939. The lowest BCUT2D eigenvalue weighted by molar-refractivity contribution is -0.130. The number of amides is 4. The molecule has 8 heteroatoms. The third-order valence-corrected chi connectivity index (χ3v) is 4.23. The summed E-state index contributed by atoms with van der Waals surface area (Å²) in [7, 11) is 0. The Hall–Kier alpha value is -3.81. The average Bonchev–Trinajstić information content (AvgIpc) is 3.19. The number of phenols is 1. The van der Waals surface area contributed by atoms with Crippen LogP contribution in [0.2, 0.25) is 0 Å². The molecule has 0 saturated carbocycles. The Kier molecular flexibility index (Phi) is 5.82. The Morgan fingerprint density at radius 2 is 2.10 bits per heavy atom. The number of hydrogen-bond donors (Lipinski definition) is 2. The lowest BCUT2D eigenvalue weighted by Gasteiger charge is -2.25. The number of urea groups is 1. The van der Waals surface area contributed by atoms with E-state index in [4.69, 9.17) is 9.15 Å². The van der Waals surface area contributed by atoms with E-state index >= 15 is 0 Å². The summed E-state index contributed by atoms with van der Waals surface area (Å²) in [6, 6.07) is 5.58. The number of nitrogens with one attached hydrogen (secondary N) is 1. The van der Waals surface area contributed by atoms with Crippen LogP contribution in [0.25, 0.3) is 6.08 Å². The normalized spacial score (nSPS) is 15.6. The van der Waals surface area contributed by atoms with Gasteiger partial charge < -0.3 is 14.3 Å². The number of benzene rings is 1. The molecule has 1 aromatic heterocycles. The first-order chi connectivity index (χ1) is 13.9. The van der Waals surface area contributed by atoms with Gasteiger partial charge >= 0.3 is 6.03 Å². The van der Waals surface area contributed by atoms with Gasteiger partial charge in [-0.15, -0.1) is 6.58 Å². The van der Waals surface area contributed by atoms with E-state index in [9.17, 15) is 19.5 Å². The summed E-state index contributed by atoms with van der Waals surface area (Å²) < 4.78 is 10.6. The average molecular weight is 396 g/mol. The number of allylic oxidation sites excluding steroid dienone is 1. The minimum Gasteiger partial charge on any atom is -0.504 e. The van der Waals surface area contributed by atoms with Crippen LogP contribution < -0.4 is 10.1 Å². The standard InChI is InChI=1S/C21H20N2O6/c1-3-6-14-9-13(11-17(18(14)24)28-4-2)10-16-19(25)22-21(27)23(20(16)26)12-15-7-5-8-29-15/h3,5,7-11,24H,1,4,6,12H2,2H3,(H,22,25,27)/b16-10+. The molecular formula is C21H20N2O6. The molecule has 150 valence electrons. The van der Waals surface area contributed by atoms with Crippen molar-refractivity contribution in [2.24, 2.45) is 0 Å². The van der Waals surface area contributed by atoms with Crippen molar-refractivity contribution in [3.63, 3.8) is 0 Å². The van der Waals surface area contributed by atoms with Gasteiger partial charge in [0.25, 0.3) is 11.8 Å². The summed E-state index contributed by atoms with van der Waals surface area (Å²) in [5.41, 5.74) is 0.785. The van der Waals surface area contributed by atoms with Crippen molar-refractivity contribution in [1.82, 2.24) is 10.2 Å². The molecule has 1 saturated heterocycles. The van der Waals surface area contributed by atoms with Crippen molar-refractivity contribution < 1.29 is 28.6 Å². The quantitative estimate of drug-likeness (QED) is 0.423. The zero-order valence-corrected chi connectivity index (χ0v) is 15.8. The molecule has 0 bridgehead atoms. The van der Waals surface area contributed by atoms with Crippen molar-refractivity contribution in [3.8, 4) is 11.5 Å². The zero-order valence-electron chi connectivity index (χ0n) is 15.8. The number of rotatable bonds is 7. The van der Waals surface area contributed by atoms with Gasteiger partial charge in [0.2, 0.25) is 0 Å². The minimum absolute atomic E-state index is 0.0251. The summed E-state index contributed by atoms with van der Waals surface area (Å²) in [5, 5.41) is 12.5. The maximum Gasteiger partial charge on any atom is 0.331 e. The summed E-state index contributed by atoms with van der Waals surface area (Å²) in [6.45, 7) is 5.65. The number of furan rings is 1. The van der Waals surface area contributed by atoms with Crippen LogP contribution in [-0.2, 0) is 22.6 Å². The molecule has 0 radical (unpaired) electrons. The molecule has 4 amide bonds. The van der Waals surface area contributed by atoms with Crippen LogP contribution in [0.4, 0.5) is 4.79 Å². The highest BCUT2D eigenvalue weighted by atomic mass is 16.5. The third kappa shape index (κ3) is 4.21. The Bertz CT molecular complexity index is 991. The number of imide groups is 2. The fourth-order valence-electron chi connectivity index (χ4n) is 2.91. The van der Waals surface area contributed by atoms with Gasteiger partial charge in [-0.25, -0.2) is 4.79 Å². The lowest BCUT2D eigenvalue weighted by Crippen LogP contribution is -2.53. The second-order valence-electron chi connectivity index (χ2n) is 6.24. The maximum atomic E-state index is 12.8. The van der Waals surface area contributed by atoms with Gasteiger partial charge in [-0.05, 0) is 49.2 Å². The van der Waals surface area contributed by atoms with E-state index < -0.39 is 17.8 Å². The second kappa shape index (κ2) is 8.47. The molecule has 2 aromatic rings. The molecule has 29 heavy (non-hydrogen) atoms. The van der Waals surface area contributed by atoms with Gasteiger partial charge in [0.1, 0.15) is 11.3 Å². The second-order valence-corrected chi connectivity index (χ2v) is 6.24. The molecule has 1 aromatic carbocycles. The highest BCUT2D eigenvalue weighted by molar-refractivity contribution is 6.30. The highest BCUT2D eigenvalue weighted by Gasteiger charge is 2.36. The molecule has 0 atom stereocenters. The molecule has 0 unspecified atom stereocenters. The number of barbiturate groups is 1. The van der Waals surface area contributed by atoms with E-state index in [-0.39, 0.29) is 23.6 Å². The zero-order chi connectivity index (χ0) is 21.0. The number of phenolic OH excluding ortho intramolecular Hbond substituents is 1. The van der Waals surface area contributed by atoms with E-state index in [0.717, 1.165) is 4.90 Å². The predicted molar refractivity (Wildman–Crippen MR) is 104 cm³/mol. The van der Waals surface area contributed by atoms with Crippen LogP contribution in [0.1, 0.15) is 23.8 Å². The fourth-order valence-corrected chi connectivity index (χ4v) is 2.91. The first-order valence-electron chi connectivity index (χ1n) is 8.95. The molecule has 3 rings (SSSR count). The van der Waals surface area contributed by atoms with E-state index in [1.54, 1.807) is 31.2 Å².